The number of rotatable bonds is 2. The van der Waals surface area contributed by atoms with E-state index < -0.39 is 0 Å². The van der Waals surface area contributed by atoms with Crippen LogP contribution >= 0.6 is 0 Å². The first-order valence-corrected chi connectivity index (χ1v) is 5.98. The lowest BCUT2D eigenvalue weighted by atomic mass is 9.92. The first-order valence-electron chi connectivity index (χ1n) is 5.98. The summed E-state index contributed by atoms with van der Waals surface area (Å²) in [6.07, 6.45) is 0. The molecule has 2 heteroatoms. The van der Waals surface area contributed by atoms with E-state index >= 15 is 0 Å². The van der Waals surface area contributed by atoms with Gasteiger partial charge in [0.05, 0.1) is 0 Å². The monoisotopic (exact) mass is 239 g/mol. The third kappa shape index (κ3) is 2.02. The van der Waals surface area contributed by atoms with Gasteiger partial charge in [0.15, 0.2) is 0 Å². The lowest BCUT2D eigenvalue weighted by Gasteiger charge is -2.13. The summed E-state index contributed by atoms with van der Waals surface area (Å²) in [5.74, 6) is -0.375. The molecule has 0 radical (unpaired) electrons. The van der Waals surface area contributed by atoms with E-state index in [1.54, 1.807) is 6.07 Å². The number of carbonyl (C=O) groups is 1. The quantitative estimate of drug-likeness (QED) is 0.857. The number of hydrogen-bond donors (Lipinski definition) is 1. The lowest BCUT2D eigenvalue weighted by molar-refractivity contribution is 0.1000. The Balaban J connectivity index is 2.69. The van der Waals surface area contributed by atoms with E-state index in [-0.39, 0.29) is 5.91 Å². The van der Waals surface area contributed by atoms with Crippen LogP contribution in [-0.2, 0) is 0 Å². The molecule has 2 aromatic rings. The zero-order valence-electron chi connectivity index (χ0n) is 10.9. The van der Waals surface area contributed by atoms with E-state index in [4.69, 9.17) is 5.73 Å². The maximum atomic E-state index is 11.4. The predicted octanol–water partition coefficient (Wildman–Crippen LogP) is 3.38. The highest BCUT2D eigenvalue weighted by Crippen LogP contribution is 2.29. The van der Waals surface area contributed by atoms with Crippen molar-refractivity contribution in [3.8, 4) is 11.1 Å². The van der Waals surface area contributed by atoms with Gasteiger partial charge in [0.2, 0.25) is 5.91 Å². The van der Waals surface area contributed by atoms with Crippen LogP contribution in [-0.4, -0.2) is 5.91 Å². The largest absolute Gasteiger partial charge is 0.366 e. The summed E-state index contributed by atoms with van der Waals surface area (Å²) >= 11 is 0. The third-order valence-corrected chi connectivity index (χ3v) is 3.49. The molecular formula is C16H17NO. The van der Waals surface area contributed by atoms with Crippen molar-refractivity contribution in [2.75, 3.05) is 0 Å². The molecule has 0 spiro atoms. The summed E-state index contributed by atoms with van der Waals surface area (Å²) in [6.45, 7) is 6.13. The molecule has 0 bridgehead atoms. The van der Waals surface area contributed by atoms with Crippen molar-refractivity contribution in [3.63, 3.8) is 0 Å². The number of nitrogens with two attached hydrogens (primary N) is 1. The maximum Gasteiger partial charge on any atom is 0.248 e. The maximum absolute atomic E-state index is 11.4. The first-order chi connectivity index (χ1) is 8.52. The number of primary amides is 1. The van der Waals surface area contributed by atoms with Crippen LogP contribution in [0.15, 0.2) is 36.4 Å². The Morgan fingerprint density at radius 2 is 1.44 bits per heavy atom. The van der Waals surface area contributed by atoms with Crippen LogP contribution in [0.3, 0.4) is 0 Å². The molecule has 0 heterocycles. The fourth-order valence-corrected chi connectivity index (χ4v) is 2.24. The highest BCUT2D eigenvalue weighted by atomic mass is 16.1. The Morgan fingerprint density at radius 1 is 0.889 bits per heavy atom. The second-order valence-electron chi connectivity index (χ2n) is 4.59. The van der Waals surface area contributed by atoms with Gasteiger partial charge in [0.25, 0.3) is 0 Å². The predicted molar refractivity (Wildman–Crippen MR) is 74.6 cm³/mol. The Morgan fingerprint density at radius 3 is 2.06 bits per heavy atom. The molecule has 2 aromatic carbocycles. The molecule has 18 heavy (non-hydrogen) atoms. The summed E-state index contributed by atoms with van der Waals surface area (Å²) in [4.78, 5) is 11.4. The average molecular weight is 239 g/mol. The third-order valence-electron chi connectivity index (χ3n) is 3.49. The van der Waals surface area contributed by atoms with Crippen molar-refractivity contribution >= 4 is 5.91 Å². The molecule has 0 aliphatic rings. The van der Waals surface area contributed by atoms with E-state index in [1.165, 1.54) is 11.1 Å². The van der Waals surface area contributed by atoms with Crippen molar-refractivity contribution in [2.45, 2.75) is 20.8 Å². The van der Waals surface area contributed by atoms with Gasteiger partial charge in [-0.3, -0.25) is 4.79 Å². The summed E-state index contributed by atoms with van der Waals surface area (Å²) in [5.41, 5.74) is 11.6. The molecule has 2 nitrogen and oxygen atoms in total. The molecule has 2 rings (SSSR count). The fourth-order valence-electron chi connectivity index (χ4n) is 2.24. The van der Waals surface area contributed by atoms with Crippen molar-refractivity contribution in [1.82, 2.24) is 0 Å². The van der Waals surface area contributed by atoms with Crippen LogP contribution in [0.4, 0.5) is 0 Å². The van der Waals surface area contributed by atoms with Gasteiger partial charge in [-0.25, -0.2) is 0 Å². The van der Waals surface area contributed by atoms with Crippen LogP contribution in [0.2, 0.25) is 0 Å². The Kier molecular flexibility index (Phi) is 3.19. The topological polar surface area (TPSA) is 43.1 Å². The van der Waals surface area contributed by atoms with Gasteiger partial charge in [0.1, 0.15) is 0 Å². The minimum atomic E-state index is -0.375. The lowest BCUT2D eigenvalue weighted by Crippen LogP contribution is -2.13. The Bertz CT molecular complexity index is 614. The number of aryl methyl sites for hydroxylation is 1. The molecular weight excluding hydrogens is 222 g/mol. The number of benzene rings is 2. The molecule has 92 valence electrons. The van der Waals surface area contributed by atoms with Gasteiger partial charge >= 0.3 is 0 Å². The molecule has 0 aromatic heterocycles. The molecule has 2 N–H and O–H groups in total. The number of amides is 1. The highest BCUT2D eigenvalue weighted by molar-refractivity contribution is 5.96. The highest BCUT2D eigenvalue weighted by Gasteiger charge is 2.11. The summed E-state index contributed by atoms with van der Waals surface area (Å²) in [6, 6.07) is 11.9. The van der Waals surface area contributed by atoms with Crippen molar-refractivity contribution < 1.29 is 4.79 Å². The minimum absolute atomic E-state index is 0.375. The zero-order chi connectivity index (χ0) is 13.3. The van der Waals surface area contributed by atoms with Crippen LogP contribution in [0.1, 0.15) is 27.0 Å². The zero-order valence-corrected chi connectivity index (χ0v) is 10.9. The normalized spacial score (nSPS) is 10.4. The summed E-state index contributed by atoms with van der Waals surface area (Å²) in [7, 11) is 0. The standard InChI is InChI=1S/C16H17NO/c1-10-6-4-7-13(11(10)2)14-8-5-9-15(12(14)3)16(17)18/h4-9H,1-3H3,(H2,17,18). The first kappa shape index (κ1) is 12.4. The van der Waals surface area contributed by atoms with Crippen LogP contribution in [0.25, 0.3) is 11.1 Å². The van der Waals surface area contributed by atoms with Crippen LogP contribution < -0.4 is 5.73 Å². The van der Waals surface area contributed by atoms with Gasteiger partial charge < -0.3 is 5.73 Å². The van der Waals surface area contributed by atoms with Gasteiger partial charge in [-0.05, 0) is 54.7 Å². The molecule has 0 aliphatic heterocycles. The summed E-state index contributed by atoms with van der Waals surface area (Å²) < 4.78 is 0. The summed E-state index contributed by atoms with van der Waals surface area (Å²) in [5, 5.41) is 0. The smallest absolute Gasteiger partial charge is 0.248 e. The van der Waals surface area contributed by atoms with E-state index in [0.29, 0.717) is 5.56 Å². The van der Waals surface area contributed by atoms with E-state index in [0.717, 1.165) is 16.7 Å². The van der Waals surface area contributed by atoms with E-state index in [9.17, 15) is 4.79 Å². The average Bonchev–Trinajstić information content (AvgIpc) is 2.33. The van der Waals surface area contributed by atoms with Gasteiger partial charge in [-0.1, -0.05) is 30.3 Å². The molecule has 0 unspecified atom stereocenters. The molecule has 0 aliphatic carbocycles. The second-order valence-corrected chi connectivity index (χ2v) is 4.59. The minimum Gasteiger partial charge on any atom is -0.366 e. The number of carbonyl (C=O) groups excluding carboxylic acids is 1. The van der Waals surface area contributed by atoms with Crippen LogP contribution in [0.5, 0.6) is 0 Å². The SMILES string of the molecule is Cc1cccc(-c2cccc(C(N)=O)c2C)c1C. The Labute approximate surface area is 107 Å². The van der Waals surface area contributed by atoms with Crippen molar-refractivity contribution in [3.05, 3.63) is 58.7 Å². The van der Waals surface area contributed by atoms with Gasteiger partial charge in [0, 0.05) is 5.56 Å². The second kappa shape index (κ2) is 4.65. The van der Waals surface area contributed by atoms with Gasteiger partial charge in [-0.15, -0.1) is 0 Å². The van der Waals surface area contributed by atoms with Crippen molar-refractivity contribution in [1.29, 1.82) is 0 Å². The van der Waals surface area contributed by atoms with Gasteiger partial charge in [-0.2, -0.15) is 0 Å². The molecule has 0 atom stereocenters. The number of hydrogen-bond acceptors (Lipinski definition) is 1. The van der Waals surface area contributed by atoms with E-state index in [1.807, 2.05) is 25.1 Å². The van der Waals surface area contributed by atoms with Crippen LogP contribution in [0, 0.1) is 20.8 Å². The molecule has 0 saturated carbocycles. The Hall–Kier alpha value is -2.09. The fraction of sp³-hybridized carbons (Fsp3) is 0.188. The van der Waals surface area contributed by atoms with E-state index in [2.05, 4.69) is 26.0 Å². The molecule has 1 amide bonds. The molecule has 0 saturated heterocycles. The van der Waals surface area contributed by atoms with Crippen molar-refractivity contribution in [2.24, 2.45) is 5.73 Å². The molecule has 0 fully saturated rings.